The molecule has 0 spiro atoms. The molecule has 5 aromatic rings. The van der Waals surface area contributed by atoms with Gasteiger partial charge in [0, 0.05) is 55.6 Å². The molecule has 1 heterocycles. The third-order valence-electron chi connectivity index (χ3n) is 8.63. The highest BCUT2D eigenvalue weighted by molar-refractivity contribution is 5.97. The van der Waals surface area contributed by atoms with Crippen LogP contribution in [0, 0.1) is 17.7 Å². The molecule has 1 aliphatic carbocycles. The molecule has 228 valence electrons. The second-order valence-corrected chi connectivity index (χ2v) is 12.0. The van der Waals surface area contributed by atoms with E-state index >= 15 is 0 Å². The lowest BCUT2D eigenvalue weighted by molar-refractivity contribution is 0.157. The van der Waals surface area contributed by atoms with Crippen molar-refractivity contribution in [1.82, 2.24) is 15.4 Å². The van der Waals surface area contributed by atoms with Gasteiger partial charge in [-0.25, -0.2) is 9.37 Å². The van der Waals surface area contributed by atoms with Crippen molar-refractivity contribution in [3.8, 4) is 5.75 Å². The predicted octanol–water partition coefficient (Wildman–Crippen LogP) is 7.44. The first-order chi connectivity index (χ1) is 21.5. The molecule has 1 saturated carbocycles. The Kier molecular flexibility index (Phi) is 9.37. The Morgan fingerprint density at radius 3 is 2.25 bits per heavy atom. The second kappa shape index (κ2) is 13.9. The van der Waals surface area contributed by atoms with Crippen molar-refractivity contribution < 1.29 is 9.23 Å². The van der Waals surface area contributed by atoms with E-state index in [1.807, 2.05) is 42.5 Å². The maximum absolute atomic E-state index is 13.3. The van der Waals surface area contributed by atoms with Gasteiger partial charge in [0.25, 0.3) is 0 Å². The smallest absolute Gasteiger partial charge is 0.225 e. The van der Waals surface area contributed by atoms with Gasteiger partial charge < -0.3 is 20.4 Å². The standard InChI is InChI=1S/C36H41FN6O/c1-43(2)33-11-5-9-30-29(33)8-6-12-34(30)44-40-24-27-15-13-26(14-16-27)23-39-36-41-32-10-4-3-7-31(32)35(42-36)38-22-21-25-17-19-28(37)20-18-25/h3-12,17-20,26-27,40H,13-16,21-24H2,1-2H3,(H2,38,39,41,42)/t26-,27-. The molecule has 6 rings (SSSR count). The Morgan fingerprint density at radius 2 is 1.45 bits per heavy atom. The van der Waals surface area contributed by atoms with E-state index in [9.17, 15) is 4.39 Å². The fraction of sp³-hybridized carbons (Fsp3) is 0.333. The molecule has 0 atom stereocenters. The molecule has 3 N–H and O–H groups in total. The van der Waals surface area contributed by atoms with Gasteiger partial charge in [0.1, 0.15) is 11.6 Å². The van der Waals surface area contributed by atoms with Crippen LogP contribution in [-0.4, -0.2) is 43.7 Å². The number of aromatic nitrogens is 2. The molecule has 44 heavy (non-hydrogen) atoms. The summed E-state index contributed by atoms with van der Waals surface area (Å²) in [5.74, 6) is 3.29. The highest BCUT2D eigenvalue weighted by atomic mass is 19.1. The van der Waals surface area contributed by atoms with Gasteiger partial charge in [0.2, 0.25) is 5.95 Å². The number of nitrogens with zero attached hydrogens (tertiary/aromatic N) is 3. The molecule has 0 unspecified atom stereocenters. The molecule has 0 bridgehead atoms. The second-order valence-electron chi connectivity index (χ2n) is 12.0. The SMILES string of the molecule is CN(C)c1cccc2c(ONC[C@H]3CC[C@H](CNc4nc(NCCc5ccc(F)cc5)c5ccccc5n4)CC3)cccc12. The van der Waals surface area contributed by atoms with Crippen LogP contribution < -0.4 is 25.9 Å². The molecule has 8 heteroatoms. The average molecular weight is 593 g/mol. The normalized spacial score (nSPS) is 16.6. The molecular weight excluding hydrogens is 551 g/mol. The lowest BCUT2D eigenvalue weighted by atomic mass is 9.82. The maximum atomic E-state index is 13.3. The minimum absolute atomic E-state index is 0.214. The Hall–Kier alpha value is -4.43. The van der Waals surface area contributed by atoms with Crippen LogP contribution in [0.5, 0.6) is 5.75 Å². The number of para-hydroxylation sites is 1. The van der Waals surface area contributed by atoms with Crippen LogP contribution in [0.3, 0.4) is 0 Å². The molecule has 7 nitrogen and oxygen atoms in total. The van der Waals surface area contributed by atoms with Crippen LogP contribution in [0.15, 0.2) is 84.9 Å². The summed E-state index contributed by atoms with van der Waals surface area (Å²) in [6.45, 7) is 2.39. The molecule has 1 aromatic heterocycles. The lowest BCUT2D eigenvalue weighted by Gasteiger charge is -2.28. The van der Waals surface area contributed by atoms with Gasteiger partial charge in [-0.3, -0.25) is 0 Å². The lowest BCUT2D eigenvalue weighted by Crippen LogP contribution is -2.30. The number of hydrogen-bond acceptors (Lipinski definition) is 7. The molecule has 0 aliphatic heterocycles. The third kappa shape index (κ3) is 7.19. The zero-order chi connectivity index (χ0) is 30.3. The largest absolute Gasteiger partial charge is 0.408 e. The van der Waals surface area contributed by atoms with Gasteiger partial charge in [0.15, 0.2) is 5.75 Å². The number of hydroxylamine groups is 1. The van der Waals surface area contributed by atoms with Gasteiger partial charge in [-0.1, -0.05) is 48.5 Å². The van der Waals surface area contributed by atoms with Gasteiger partial charge in [-0.2, -0.15) is 10.5 Å². The topological polar surface area (TPSA) is 74.3 Å². The number of anilines is 3. The number of fused-ring (bicyclic) bond motifs is 2. The van der Waals surface area contributed by atoms with Gasteiger partial charge in [-0.05, 0) is 85.9 Å². The summed E-state index contributed by atoms with van der Waals surface area (Å²) in [6.07, 6.45) is 5.44. The Morgan fingerprint density at radius 1 is 0.750 bits per heavy atom. The first-order valence-corrected chi connectivity index (χ1v) is 15.6. The number of halogens is 1. The minimum atomic E-state index is -0.214. The average Bonchev–Trinajstić information content (AvgIpc) is 3.05. The summed E-state index contributed by atoms with van der Waals surface area (Å²) in [7, 11) is 4.13. The third-order valence-corrected chi connectivity index (χ3v) is 8.63. The Balaban J connectivity index is 0.985. The maximum Gasteiger partial charge on any atom is 0.225 e. The highest BCUT2D eigenvalue weighted by Gasteiger charge is 2.22. The molecule has 0 radical (unpaired) electrons. The Labute approximate surface area is 258 Å². The first-order valence-electron chi connectivity index (χ1n) is 15.6. The van der Waals surface area contributed by atoms with Crippen LogP contribution in [0.4, 0.5) is 21.8 Å². The van der Waals surface area contributed by atoms with E-state index in [0.29, 0.717) is 24.3 Å². The summed E-state index contributed by atoms with van der Waals surface area (Å²) >= 11 is 0. The zero-order valence-electron chi connectivity index (χ0n) is 25.5. The summed E-state index contributed by atoms with van der Waals surface area (Å²) in [4.78, 5) is 17.8. The predicted molar refractivity (Wildman–Crippen MR) is 179 cm³/mol. The van der Waals surface area contributed by atoms with Crippen molar-refractivity contribution in [3.63, 3.8) is 0 Å². The van der Waals surface area contributed by atoms with Crippen LogP contribution in [0.1, 0.15) is 31.2 Å². The number of hydrogen-bond donors (Lipinski definition) is 3. The number of nitrogens with one attached hydrogen (secondary N) is 3. The summed E-state index contributed by atoms with van der Waals surface area (Å²) < 4.78 is 13.3. The summed E-state index contributed by atoms with van der Waals surface area (Å²) in [6, 6.07) is 27.3. The fourth-order valence-electron chi connectivity index (χ4n) is 6.12. The molecule has 4 aromatic carbocycles. The van der Waals surface area contributed by atoms with Crippen LogP contribution in [0.25, 0.3) is 21.7 Å². The quantitative estimate of drug-likeness (QED) is 0.130. The summed E-state index contributed by atoms with van der Waals surface area (Å²) in [5, 5.41) is 10.3. The van der Waals surface area contributed by atoms with E-state index in [2.05, 4.69) is 65.4 Å². The summed E-state index contributed by atoms with van der Waals surface area (Å²) in [5.41, 5.74) is 6.44. The zero-order valence-corrected chi connectivity index (χ0v) is 25.5. The highest BCUT2D eigenvalue weighted by Crippen LogP contribution is 2.32. The van der Waals surface area contributed by atoms with Crippen LogP contribution in [0.2, 0.25) is 0 Å². The van der Waals surface area contributed by atoms with Crippen molar-refractivity contribution in [2.24, 2.45) is 11.8 Å². The van der Waals surface area contributed by atoms with Gasteiger partial charge in [-0.15, -0.1) is 0 Å². The van der Waals surface area contributed by atoms with E-state index in [0.717, 1.165) is 78.6 Å². The minimum Gasteiger partial charge on any atom is -0.408 e. The van der Waals surface area contributed by atoms with E-state index in [1.54, 1.807) is 0 Å². The van der Waals surface area contributed by atoms with Crippen LogP contribution in [-0.2, 0) is 6.42 Å². The monoisotopic (exact) mass is 592 g/mol. The van der Waals surface area contributed by atoms with Crippen molar-refractivity contribution in [2.75, 3.05) is 49.3 Å². The number of rotatable bonds is 12. The van der Waals surface area contributed by atoms with E-state index < -0.39 is 0 Å². The van der Waals surface area contributed by atoms with Gasteiger partial charge >= 0.3 is 0 Å². The van der Waals surface area contributed by atoms with Gasteiger partial charge in [0.05, 0.1) is 5.52 Å². The van der Waals surface area contributed by atoms with E-state index in [1.165, 1.54) is 23.2 Å². The first kappa shape index (κ1) is 29.6. The van der Waals surface area contributed by atoms with E-state index in [-0.39, 0.29) is 5.82 Å². The fourth-order valence-corrected chi connectivity index (χ4v) is 6.12. The molecule has 1 fully saturated rings. The van der Waals surface area contributed by atoms with Crippen molar-refractivity contribution in [1.29, 1.82) is 0 Å². The Bertz CT molecular complexity index is 1680. The molecule has 1 aliphatic rings. The number of benzene rings is 4. The molecule has 0 amide bonds. The van der Waals surface area contributed by atoms with Crippen molar-refractivity contribution >= 4 is 39.1 Å². The van der Waals surface area contributed by atoms with Crippen molar-refractivity contribution in [2.45, 2.75) is 32.1 Å². The van der Waals surface area contributed by atoms with Crippen molar-refractivity contribution in [3.05, 3.63) is 96.3 Å². The molecule has 0 saturated heterocycles. The van der Waals surface area contributed by atoms with Crippen LogP contribution >= 0.6 is 0 Å². The molecular formula is C36H41FN6O. The van der Waals surface area contributed by atoms with E-state index in [4.69, 9.17) is 14.8 Å².